The molecule has 2 rings (SSSR count). The van der Waals surface area contributed by atoms with E-state index in [9.17, 15) is 4.79 Å². The number of hydrogen-bond donors (Lipinski definition) is 2. The molecular weight excluding hydrogens is 270 g/mol. The molecule has 0 aliphatic rings. The number of benzene rings is 1. The Kier molecular flexibility index (Phi) is 4.79. The lowest BCUT2D eigenvalue weighted by Gasteiger charge is -2.11. The van der Waals surface area contributed by atoms with Gasteiger partial charge in [-0.1, -0.05) is 12.1 Å². The van der Waals surface area contributed by atoms with E-state index in [2.05, 4.69) is 15.6 Å². The van der Waals surface area contributed by atoms with Crippen molar-refractivity contribution in [2.45, 2.75) is 13.5 Å². The second-order valence-corrected chi connectivity index (χ2v) is 4.71. The van der Waals surface area contributed by atoms with E-state index in [1.165, 1.54) is 0 Å². The van der Waals surface area contributed by atoms with Crippen LogP contribution in [0.5, 0.6) is 0 Å². The topological polar surface area (TPSA) is 54.0 Å². The van der Waals surface area contributed by atoms with E-state index in [-0.39, 0.29) is 5.78 Å². The summed E-state index contributed by atoms with van der Waals surface area (Å²) in [7, 11) is 0. The highest BCUT2D eigenvalue weighted by Crippen LogP contribution is 2.11. The number of aromatic nitrogens is 1. The second-order valence-electron chi connectivity index (χ2n) is 4.30. The molecule has 1 aromatic heterocycles. The number of thiocarbonyl (C=S) groups is 1. The molecule has 1 aromatic carbocycles. The number of pyridine rings is 1. The van der Waals surface area contributed by atoms with Crippen LogP contribution in [0.4, 0.5) is 5.69 Å². The van der Waals surface area contributed by atoms with Crippen LogP contribution in [0.1, 0.15) is 22.8 Å². The van der Waals surface area contributed by atoms with E-state index in [4.69, 9.17) is 12.2 Å². The fourth-order valence-corrected chi connectivity index (χ4v) is 1.86. The highest BCUT2D eigenvalue weighted by atomic mass is 32.1. The normalized spacial score (nSPS) is 9.85. The number of Topliss-reactive ketones (excluding diaryl/α,β-unsaturated/α-hetero) is 1. The van der Waals surface area contributed by atoms with Gasteiger partial charge in [0, 0.05) is 30.2 Å². The maximum atomic E-state index is 11.3. The highest BCUT2D eigenvalue weighted by molar-refractivity contribution is 7.80. The van der Waals surface area contributed by atoms with E-state index in [1.807, 2.05) is 24.3 Å². The molecule has 0 aliphatic heterocycles. The third-order valence-corrected chi connectivity index (χ3v) is 2.98. The molecule has 0 radical (unpaired) electrons. The van der Waals surface area contributed by atoms with Crippen LogP contribution in [0, 0.1) is 0 Å². The van der Waals surface area contributed by atoms with Gasteiger partial charge in [0.25, 0.3) is 0 Å². The van der Waals surface area contributed by atoms with Gasteiger partial charge in [0.15, 0.2) is 10.9 Å². The molecule has 0 bridgehead atoms. The zero-order valence-corrected chi connectivity index (χ0v) is 11.9. The monoisotopic (exact) mass is 285 g/mol. The van der Waals surface area contributed by atoms with Crippen molar-refractivity contribution in [1.29, 1.82) is 0 Å². The molecule has 0 amide bonds. The number of carbonyl (C=O) groups excluding carboxylic acids is 1. The van der Waals surface area contributed by atoms with Crippen molar-refractivity contribution in [3.8, 4) is 0 Å². The summed E-state index contributed by atoms with van der Waals surface area (Å²) in [4.78, 5) is 15.3. The molecule has 0 aliphatic carbocycles. The molecule has 102 valence electrons. The standard InChI is InChI=1S/C15H15N3OS/c1-11(19)13-3-2-4-14(9-13)18-15(20)17-10-12-5-7-16-8-6-12/h2-9H,10H2,1H3,(H2,17,18,20). The Morgan fingerprint density at radius 2 is 2.00 bits per heavy atom. The predicted octanol–water partition coefficient (Wildman–Crippen LogP) is 2.77. The first-order valence-corrected chi connectivity index (χ1v) is 6.61. The molecule has 20 heavy (non-hydrogen) atoms. The first kappa shape index (κ1) is 14.1. The molecule has 0 spiro atoms. The van der Waals surface area contributed by atoms with Crippen LogP contribution in [0.2, 0.25) is 0 Å². The Morgan fingerprint density at radius 3 is 2.70 bits per heavy atom. The lowest BCUT2D eigenvalue weighted by Crippen LogP contribution is -2.27. The lowest BCUT2D eigenvalue weighted by molar-refractivity contribution is 0.101. The Morgan fingerprint density at radius 1 is 1.25 bits per heavy atom. The van der Waals surface area contributed by atoms with Gasteiger partial charge < -0.3 is 10.6 Å². The van der Waals surface area contributed by atoms with E-state index in [0.29, 0.717) is 17.2 Å². The quantitative estimate of drug-likeness (QED) is 0.668. The van der Waals surface area contributed by atoms with Crippen LogP contribution in [0.25, 0.3) is 0 Å². The number of nitrogens with zero attached hydrogens (tertiary/aromatic N) is 1. The van der Waals surface area contributed by atoms with Crippen LogP contribution in [0.15, 0.2) is 48.8 Å². The average molecular weight is 285 g/mol. The fraction of sp³-hybridized carbons (Fsp3) is 0.133. The smallest absolute Gasteiger partial charge is 0.171 e. The van der Waals surface area contributed by atoms with E-state index < -0.39 is 0 Å². The van der Waals surface area contributed by atoms with Gasteiger partial charge in [0.2, 0.25) is 0 Å². The van der Waals surface area contributed by atoms with E-state index in [0.717, 1.165) is 11.3 Å². The first-order valence-electron chi connectivity index (χ1n) is 6.20. The third kappa shape index (κ3) is 4.13. The lowest BCUT2D eigenvalue weighted by atomic mass is 10.1. The minimum Gasteiger partial charge on any atom is -0.358 e. The number of carbonyl (C=O) groups is 1. The summed E-state index contributed by atoms with van der Waals surface area (Å²) in [6, 6.07) is 11.1. The number of hydrogen-bond acceptors (Lipinski definition) is 3. The van der Waals surface area contributed by atoms with Crippen molar-refractivity contribution in [2.24, 2.45) is 0 Å². The van der Waals surface area contributed by atoms with Crippen molar-refractivity contribution in [1.82, 2.24) is 10.3 Å². The van der Waals surface area contributed by atoms with Crippen LogP contribution in [-0.2, 0) is 6.54 Å². The van der Waals surface area contributed by atoms with Crippen molar-refractivity contribution in [3.63, 3.8) is 0 Å². The summed E-state index contributed by atoms with van der Waals surface area (Å²) in [5.74, 6) is 0.0318. The van der Waals surface area contributed by atoms with Gasteiger partial charge >= 0.3 is 0 Å². The van der Waals surface area contributed by atoms with E-state index in [1.54, 1.807) is 31.5 Å². The van der Waals surface area contributed by atoms with Crippen LogP contribution in [-0.4, -0.2) is 15.9 Å². The summed E-state index contributed by atoms with van der Waals surface area (Å²) in [5.41, 5.74) is 2.55. The molecule has 0 fully saturated rings. The molecule has 2 N–H and O–H groups in total. The van der Waals surface area contributed by atoms with Gasteiger partial charge in [-0.3, -0.25) is 9.78 Å². The van der Waals surface area contributed by atoms with Gasteiger partial charge in [-0.25, -0.2) is 0 Å². The average Bonchev–Trinajstić information content (AvgIpc) is 2.46. The molecule has 4 nitrogen and oxygen atoms in total. The van der Waals surface area contributed by atoms with Crippen molar-refractivity contribution in [2.75, 3.05) is 5.32 Å². The molecule has 0 saturated carbocycles. The Balaban J connectivity index is 1.91. The SMILES string of the molecule is CC(=O)c1cccc(NC(=S)NCc2ccncc2)c1. The maximum Gasteiger partial charge on any atom is 0.171 e. The molecule has 0 atom stereocenters. The van der Waals surface area contributed by atoms with Gasteiger partial charge in [-0.2, -0.15) is 0 Å². The first-order chi connectivity index (χ1) is 9.65. The Labute approximate surface area is 123 Å². The Hall–Kier alpha value is -2.27. The Bertz CT molecular complexity index is 614. The summed E-state index contributed by atoms with van der Waals surface area (Å²) in [6.07, 6.45) is 3.48. The molecule has 0 unspecified atom stereocenters. The zero-order chi connectivity index (χ0) is 14.4. The zero-order valence-electron chi connectivity index (χ0n) is 11.1. The predicted molar refractivity (Wildman–Crippen MR) is 83.7 cm³/mol. The third-order valence-electron chi connectivity index (χ3n) is 2.73. The summed E-state index contributed by atoms with van der Waals surface area (Å²) >= 11 is 5.22. The molecule has 1 heterocycles. The number of anilines is 1. The summed E-state index contributed by atoms with van der Waals surface area (Å²) in [6.45, 7) is 2.17. The number of nitrogens with one attached hydrogen (secondary N) is 2. The van der Waals surface area contributed by atoms with Crippen LogP contribution >= 0.6 is 12.2 Å². The maximum absolute atomic E-state index is 11.3. The summed E-state index contributed by atoms with van der Waals surface area (Å²) < 4.78 is 0. The molecule has 5 heteroatoms. The van der Waals surface area contributed by atoms with Gasteiger partial charge in [-0.05, 0) is 49.0 Å². The van der Waals surface area contributed by atoms with Gasteiger partial charge in [-0.15, -0.1) is 0 Å². The minimum absolute atomic E-state index is 0.0318. The summed E-state index contributed by atoms with van der Waals surface area (Å²) in [5, 5.41) is 6.68. The van der Waals surface area contributed by atoms with Crippen molar-refractivity contribution in [3.05, 3.63) is 59.9 Å². The van der Waals surface area contributed by atoms with Crippen LogP contribution in [0.3, 0.4) is 0 Å². The fourth-order valence-electron chi connectivity index (χ4n) is 1.67. The molecular formula is C15H15N3OS. The molecule has 0 saturated heterocycles. The van der Waals surface area contributed by atoms with Crippen molar-refractivity contribution < 1.29 is 4.79 Å². The number of rotatable bonds is 4. The molecule has 2 aromatic rings. The van der Waals surface area contributed by atoms with E-state index >= 15 is 0 Å². The van der Waals surface area contributed by atoms with Crippen LogP contribution < -0.4 is 10.6 Å². The van der Waals surface area contributed by atoms with Gasteiger partial charge in [0.05, 0.1) is 0 Å². The van der Waals surface area contributed by atoms with Crippen molar-refractivity contribution >= 4 is 28.8 Å². The second kappa shape index (κ2) is 6.77. The minimum atomic E-state index is 0.0318. The number of ketones is 1. The highest BCUT2D eigenvalue weighted by Gasteiger charge is 2.02. The largest absolute Gasteiger partial charge is 0.358 e. The van der Waals surface area contributed by atoms with Gasteiger partial charge in [0.1, 0.15) is 0 Å².